The van der Waals surface area contributed by atoms with Crippen LogP contribution in [0, 0.1) is 0 Å². The van der Waals surface area contributed by atoms with Gasteiger partial charge in [0.2, 0.25) is 0 Å². The van der Waals surface area contributed by atoms with Crippen molar-refractivity contribution in [2.75, 3.05) is 0 Å². The fourth-order valence-corrected chi connectivity index (χ4v) is 2.07. The maximum Gasteiger partial charge on any atom is 0.599 e. The van der Waals surface area contributed by atoms with Crippen LogP contribution in [0.25, 0.3) is 11.0 Å². The quantitative estimate of drug-likeness (QED) is 0.723. The Balaban J connectivity index is 2.03. The molecule has 0 N–H and O–H groups in total. The number of aromatic nitrogens is 2. The van der Waals surface area contributed by atoms with Crippen molar-refractivity contribution in [3.05, 3.63) is 30.6 Å². The first kappa shape index (κ1) is 11.7. The van der Waals surface area contributed by atoms with Crippen molar-refractivity contribution in [1.29, 1.82) is 0 Å². The average molecular weight is 244 g/mol. The molecule has 1 aliphatic heterocycles. The molecule has 3 rings (SSSR count). The van der Waals surface area contributed by atoms with Gasteiger partial charge in [-0.15, -0.1) is 0 Å². The summed E-state index contributed by atoms with van der Waals surface area (Å²) in [6.45, 7) is 8.19. The topological polar surface area (TPSA) is 36.3 Å². The van der Waals surface area contributed by atoms with Crippen LogP contribution >= 0.6 is 0 Å². The van der Waals surface area contributed by atoms with Gasteiger partial charge in [-0.1, -0.05) is 12.1 Å². The lowest BCUT2D eigenvalue weighted by molar-refractivity contribution is 0.00578. The van der Waals surface area contributed by atoms with Gasteiger partial charge in [0.05, 0.1) is 28.6 Å². The molecule has 0 spiro atoms. The summed E-state index contributed by atoms with van der Waals surface area (Å²) in [7, 11) is -0.414. The van der Waals surface area contributed by atoms with Crippen LogP contribution in [0.4, 0.5) is 0 Å². The molecular weight excluding hydrogens is 227 g/mol. The molecule has 2 heterocycles. The lowest BCUT2D eigenvalue weighted by Gasteiger charge is -2.32. The smallest absolute Gasteiger partial charge is 0.384 e. The Morgan fingerprint density at radius 2 is 1.67 bits per heavy atom. The molecule has 4 nitrogen and oxygen atoms in total. The summed E-state index contributed by atoms with van der Waals surface area (Å²) in [5.41, 5.74) is 1.31. The van der Waals surface area contributed by atoms with Crippen molar-refractivity contribution in [3.8, 4) is 0 Å². The summed E-state index contributed by atoms with van der Waals surface area (Å²) in [5.74, 6) is 0. The summed E-state index contributed by atoms with van der Waals surface area (Å²) in [4.78, 5) is 4.36. The molecule has 1 aromatic carbocycles. The Bertz CT molecular complexity index is 575. The minimum atomic E-state index is -0.414. The van der Waals surface area contributed by atoms with E-state index in [1.54, 1.807) is 6.33 Å². The van der Waals surface area contributed by atoms with Crippen LogP contribution in [-0.2, 0) is 9.31 Å². The molecule has 0 radical (unpaired) electrons. The first-order valence-corrected chi connectivity index (χ1v) is 6.18. The standard InChI is InChI=1S/C13H17BN2O2/c1-12(2)13(3,4)18-14(17-12)16-9-15-10-7-5-6-8-11(10)16/h5-9H,1-4H3. The van der Waals surface area contributed by atoms with Crippen molar-refractivity contribution in [2.24, 2.45) is 0 Å². The molecule has 94 valence electrons. The highest BCUT2D eigenvalue weighted by molar-refractivity contribution is 6.45. The van der Waals surface area contributed by atoms with Gasteiger partial charge in [0, 0.05) is 0 Å². The lowest BCUT2D eigenvalue weighted by Crippen LogP contribution is -2.41. The molecule has 5 heteroatoms. The summed E-state index contributed by atoms with van der Waals surface area (Å²) in [5, 5.41) is 0. The van der Waals surface area contributed by atoms with E-state index < -0.39 is 7.25 Å². The van der Waals surface area contributed by atoms with E-state index in [1.165, 1.54) is 0 Å². The number of rotatable bonds is 1. The van der Waals surface area contributed by atoms with Gasteiger partial charge < -0.3 is 13.8 Å². The van der Waals surface area contributed by atoms with Gasteiger partial charge in [0.25, 0.3) is 0 Å². The Morgan fingerprint density at radius 3 is 2.33 bits per heavy atom. The van der Waals surface area contributed by atoms with Gasteiger partial charge in [0.15, 0.2) is 0 Å². The van der Waals surface area contributed by atoms with Crippen LogP contribution in [0.5, 0.6) is 0 Å². The van der Waals surface area contributed by atoms with Crippen LogP contribution in [-0.4, -0.2) is 27.9 Å². The maximum absolute atomic E-state index is 6.02. The molecule has 18 heavy (non-hydrogen) atoms. The minimum Gasteiger partial charge on any atom is -0.384 e. The third-order valence-electron chi connectivity index (χ3n) is 3.95. The number of nitrogens with zero attached hydrogens (tertiary/aromatic N) is 2. The molecule has 0 amide bonds. The number of fused-ring (bicyclic) bond motifs is 1. The lowest BCUT2D eigenvalue weighted by atomic mass is 9.90. The Hall–Kier alpha value is -1.33. The van der Waals surface area contributed by atoms with Crippen LogP contribution in [0.3, 0.4) is 0 Å². The first-order chi connectivity index (χ1) is 8.41. The number of hydrogen-bond donors (Lipinski definition) is 0. The molecule has 1 fully saturated rings. The predicted molar refractivity (Wildman–Crippen MR) is 71.2 cm³/mol. The van der Waals surface area contributed by atoms with E-state index in [0.29, 0.717) is 0 Å². The second-order valence-corrected chi connectivity index (χ2v) is 5.70. The third kappa shape index (κ3) is 1.58. The molecule has 0 bridgehead atoms. The van der Waals surface area contributed by atoms with E-state index in [9.17, 15) is 0 Å². The summed E-state index contributed by atoms with van der Waals surface area (Å²) >= 11 is 0. The fraction of sp³-hybridized carbons (Fsp3) is 0.462. The third-order valence-corrected chi connectivity index (χ3v) is 3.95. The predicted octanol–water partition coefficient (Wildman–Crippen LogP) is 2.47. The van der Waals surface area contributed by atoms with E-state index in [1.807, 2.05) is 56.4 Å². The zero-order chi connectivity index (χ0) is 13.0. The van der Waals surface area contributed by atoms with E-state index in [2.05, 4.69) is 4.98 Å². The first-order valence-electron chi connectivity index (χ1n) is 6.18. The van der Waals surface area contributed by atoms with Crippen molar-refractivity contribution in [1.82, 2.24) is 9.46 Å². The molecular formula is C13H17BN2O2. The zero-order valence-electron chi connectivity index (χ0n) is 11.2. The summed E-state index contributed by atoms with van der Waals surface area (Å²) in [6, 6.07) is 7.97. The van der Waals surface area contributed by atoms with Crippen LogP contribution in [0.15, 0.2) is 30.6 Å². The summed E-state index contributed by atoms with van der Waals surface area (Å²) < 4.78 is 14.0. The van der Waals surface area contributed by atoms with Gasteiger partial charge >= 0.3 is 7.25 Å². The van der Waals surface area contributed by atoms with Crippen LogP contribution in [0.1, 0.15) is 27.7 Å². The van der Waals surface area contributed by atoms with Gasteiger partial charge in [0.1, 0.15) is 0 Å². The molecule has 0 saturated carbocycles. The van der Waals surface area contributed by atoms with Gasteiger partial charge in [-0.05, 0) is 39.8 Å². The fourth-order valence-electron chi connectivity index (χ4n) is 2.07. The number of hydrogen-bond acceptors (Lipinski definition) is 3. The zero-order valence-corrected chi connectivity index (χ0v) is 11.2. The molecule has 2 aromatic rings. The highest BCUT2D eigenvalue weighted by Gasteiger charge is 2.53. The largest absolute Gasteiger partial charge is 0.599 e. The molecule has 1 saturated heterocycles. The van der Waals surface area contributed by atoms with Gasteiger partial charge in [-0.25, -0.2) is 4.98 Å². The van der Waals surface area contributed by atoms with Crippen molar-refractivity contribution >= 4 is 18.3 Å². The molecule has 0 aliphatic carbocycles. The number of imidazole rings is 1. The maximum atomic E-state index is 6.02. The molecule has 1 aliphatic rings. The SMILES string of the molecule is CC1(C)OB(n2cnc3ccccc32)OC1(C)C. The van der Waals surface area contributed by atoms with Crippen molar-refractivity contribution in [3.63, 3.8) is 0 Å². The van der Waals surface area contributed by atoms with E-state index in [-0.39, 0.29) is 11.2 Å². The van der Waals surface area contributed by atoms with Crippen molar-refractivity contribution < 1.29 is 9.31 Å². The highest BCUT2D eigenvalue weighted by atomic mass is 16.7. The van der Waals surface area contributed by atoms with Crippen molar-refractivity contribution in [2.45, 2.75) is 38.9 Å². The second kappa shape index (κ2) is 3.59. The second-order valence-electron chi connectivity index (χ2n) is 5.70. The van der Waals surface area contributed by atoms with Crippen LogP contribution in [0.2, 0.25) is 0 Å². The molecule has 1 aromatic heterocycles. The Kier molecular flexibility index (Phi) is 2.34. The van der Waals surface area contributed by atoms with Crippen LogP contribution < -0.4 is 0 Å². The van der Waals surface area contributed by atoms with E-state index in [4.69, 9.17) is 9.31 Å². The summed E-state index contributed by atoms with van der Waals surface area (Å²) in [6.07, 6.45) is 1.77. The normalized spacial score (nSPS) is 21.7. The van der Waals surface area contributed by atoms with Gasteiger partial charge in [-0.3, -0.25) is 0 Å². The number of benzene rings is 1. The minimum absolute atomic E-state index is 0.330. The Morgan fingerprint density at radius 1 is 1.06 bits per heavy atom. The number of para-hydroxylation sites is 2. The van der Waals surface area contributed by atoms with E-state index in [0.717, 1.165) is 11.0 Å². The molecule has 0 unspecified atom stereocenters. The monoisotopic (exact) mass is 244 g/mol. The average Bonchev–Trinajstić information content (AvgIpc) is 2.78. The Labute approximate surface area is 107 Å². The van der Waals surface area contributed by atoms with E-state index >= 15 is 0 Å². The van der Waals surface area contributed by atoms with Gasteiger partial charge in [-0.2, -0.15) is 0 Å². The highest BCUT2D eigenvalue weighted by Crippen LogP contribution is 2.37. The molecule has 0 atom stereocenters.